The molecule has 0 atom stereocenters. The maximum atomic E-state index is 4.27. The molecule has 13 heavy (non-hydrogen) atoms. The SMILES string of the molecule is [c]1cnc2c(c1)Cc1c[c]cnc1-2. The predicted octanol–water partition coefficient (Wildman–Crippen LogP) is 1.65. The molecule has 0 amide bonds. The van der Waals surface area contributed by atoms with Crippen LogP contribution in [0, 0.1) is 12.1 Å². The molecular weight excluding hydrogens is 160 g/mol. The van der Waals surface area contributed by atoms with Gasteiger partial charge in [0, 0.05) is 30.9 Å². The Bertz CT molecular complexity index is 420. The van der Waals surface area contributed by atoms with Gasteiger partial charge in [0.25, 0.3) is 0 Å². The zero-order valence-corrected chi connectivity index (χ0v) is 6.91. The van der Waals surface area contributed by atoms with E-state index in [-0.39, 0.29) is 0 Å². The first-order valence-corrected chi connectivity index (χ1v) is 4.15. The molecule has 0 aromatic carbocycles. The largest absolute Gasteiger partial charge is 0.254 e. The molecule has 2 nitrogen and oxygen atoms in total. The number of pyridine rings is 2. The van der Waals surface area contributed by atoms with E-state index in [1.807, 2.05) is 12.1 Å². The Morgan fingerprint density at radius 1 is 0.923 bits per heavy atom. The third kappa shape index (κ3) is 0.886. The van der Waals surface area contributed by atoms with Crippen LogP contribution in [0.5, 0.6) is 0 Å². The first-order chi connectivity index (χ1) is 6.45. The third-order valence-electron chi connectivity index (χ3n) is 2.27. The Kier molecular flexibility index (Phi) is 1.25. The monoisotopic (exact) mass is 166 g/mol. The second-order valence-electron chi connectivity index (χ2n) is 3.06. The Morgan fingerprint density at radius 3 is 2.00 bits per heavy atom. The molecule has 2 radical (unpaired) electrons. The molecule has 2 aromatic rings. The molecule has 3 rings (SSSR count). The molecule has 2 heteroatoms. The highest BCUT2D eigenvalue weighted by Gasteiger charge is 2.19. The van der Waals surface area contributed by atoms with Gasteiger partial charge in [-0.25, -0.2) is 0 Å². The van der Waals surface area contributed by atoms with Gasteiger partial charge in [-0.3, -0.25) is 9.97 Å². The van der Waals surface area contributed by atoms with E-state index in [4.69, 9.17) is 0 Å². The summed E-state index contributed by atoms with van der Waals surface area (Å²) in [7, 11) is 0. The average Bonchev–Trinajstić information content (AvgIpc) is 2.56. The third-order valence-corrected chi connectivity index (χ3v) is 2.27. The van der Waals surface area contributed by atoms with E-state index in [9.17, 15) is 0 Å². The number of aromatic nitrogens is 2. The fourth-order valence-electron chi connectivity index (χ4n) is 1.68. The molecule has 0 fully saturated rings. The van der Waals surface area contributed by atoms with Crippen molar-refractivity contribution >= 4 is 0 Å². The quantitative estimate of drug-likeness (QED) is 0.507. The molecule has 60 valence electrons. The molecule has 1 aliphatic rings. The molecule has 0 aliphatic heterocycles. The summed E-state index contributed by atoms with van der Waals surface area (Å²) in [6.45, 7) is 0. The van der Waals surface area contributed by atoms with Crippen LogP contribution in [0.1, 0.15) is 11.1 Å². The van der Waals surface area contributed by atoms with Gasteiger partial charge in [0.15, 0.2) is 0 Å². The van der Waals surface area contributed by atoms with E-state index < -0.39 is 0 Å². The van der Waals surface area contributed by atoms with Gasteiger partial charge >= 0.3 is 0 Å². The van der Waals surface area contributed by atoms with Gasteiger partial charge in [0.05, 0.1) is 11.4 Å². The maximum absolute atomic E-state index is 4.27. The molecule has 2 aromatic heterocycles. The number of rotatable bonds is 0. The van der Waals surface area contributed by atoms with E-state index in [1.54, 1.807) is 12.4 Å². The van der Waals surface area contributed by atoms with Crippen molar-refractivity contribution in [3.05, 3.63) is 47.8 Å². The zero-order valence-electron chi connectivity index (χ0n) is 6.91. The van der Waals surface area contributed by atoms with Crippen LogP contribution >= 0.6 is 0 Å². The summed E-state index contributed by atoms with van der Waals surface area (Å²) < 4.78 is 0. The number of fused-ring (bicyclic) bond motifs is 3. The average molecular weight is 166 g/mol. The molecule has 0 unspecified atom stereocenters. The van der Waals surface area contributed by atoms with Gasteiger partial charge in [0.2, 0.25) is 0 Å². The lowest BCUT2D eigenvalue weighted by molar-refractivity contribution is 1.22. The zero-order chi connectivity index (χ0) is 8.67. The van der Waals surface area contributed by atoms with Crippen molar-refractivity contribution in [1.29, 1.82) is 0 Å². The van der Waals surface area contributed by atoms with Gasteiger partial charge in [-0.2, -0.15) is 0 Å². The van der Waals surface area contributed by atoms with Crippen LogP contribution in [-0.2, 0) is 6.42 Å². The predicted molar refractivity (Wildman–Crippen MR) is 47.9 cm³/mol. The van der Waals surface area contributed by atoms with Crippen molar-refractivity contribution in [2.45, 2.75) is 6.42 Å². The summed E-state index contributed by atoms with van der Waals surface area (Å²) in [4.78, 5) is 8.54. The summed E-state index contributed by atoms with van der Waals surface area (Å²) in [5.41, 5.74) is 4.43. The van der Waals surface area contributed by atoms with E-state index in [0.717, 1.165) is 17.8 Å². The summed E-state index contributed by atoms with van der Waals surface area (Å²) in [5.74, 6) is 0. The van der Waals surface area contributed by atoms with Crippen molar-refractivity contribution < 1.29 is 0 Å². The molecular formula is C11H6N2. The van der Waals surface area contributed by atoms with Gasteiger partial charge in [-0.15, -0.1) is 0 Å². The van der Waals surface area contributed by atoms with Crippen LogP contribution in [0.4, 0.5) is 0 Å². The van der Waals surface area contributed by atoms with E-state index in [2.05, 4.69) is 22.1 Å². The fourth-order valence-corrected chi connectivity index (χ4v) is 1.68. The second kappa shape index (κ2) is 2.39. The maximum Gasteiger partial charge on any atom is 0.0924 e. The van der Waals surface area contributed by atoms with Gasteiger partial charge < -0.3 is 0 Å². The lowest BCUT2D eigenvalue weighted by Crippen LogP contribution is -1.84. The minimum absolute atomic E-state index is 0.916. The lowest BCUT2D eigenvalue weighted by atomic mass is 10.2. The standard InChI is InChI=1S/C11H6N2/c1-3-8-7-9-4-2-6-13-11(9)10(8)12-5-1/h3-6H,7H2. The molecule has 1 aliphatic carbocycles. The molecule has 0 saturated carbocycles. The van der Waals surface area contributed by atoms with Crippen LogP contribution in [0.2, 0.25) is 0 Å². The fraction of sp³-hybridized carbons (Fsp3) is 0.0909. The van der Waals surface area contributed by atoms with Crippen LogP contribution in [-0.4, -0.2) is 9.97 Å². The summed E-state index contributed by atoms with van der Waals surface area (Å²) >= 11 is 0. The van der Waals surface area contributed by atoms with Gasteiger partial charge in [0.1, 0.15) is 0 Å². The number of hydrogen-bond donors (Lipinski definition) is 0. The van der Waals surface area contributed by atoms with Gasteiger partial charge in [-0.05, 0) is 23.3 Å². The first-order valence-electron chi connectivity index (χ1n) is 4.15. The minimum atomic E-state index is 0.916. The van der Waals surface area contributed by atoms with E-state index in [1.165, 1.54) is 11.1 Å². The van der Waals surface area contributed by atoms with E-state index in [0.29, 0.717) is 0 Å². The Balaban J connectivity index is 2.32. The summed E-state index contributed by atoms with van der Waals surface area (Å²) in [6, 6.07) is 9.91. The Labute approximate surface area is 76.3 Å². The van der Waals surface area contributed by atoms with Crippen molar-refractivity contribution in [2.75, 3.05) is 0 Å². The van der Waals surface area contributed by atoms with E-state index >= 15 is 0 Å². The topological polar surface area (TPSA) is 25.8 Å². The molecule has 0 saturated heterocycles. The summed E-state index contributed by atoms with van der Waals surface area (Å²) in [5, 5.41) is 0. The van der Waals surface area contributed by atoms with Crippen LogP contribution in [0.25, 0.3) is 11.4 Å². The van der Waals surface area contributed by atoms with Crippen LogP contribution in [0.3, 0.4) is 0 Å². The van der Waals surface area contributed by atoms with Crippen molar-refractivity contribution in [3.63, 3.8) is 0 Å². The lowest BCUT2D eigenvalue weighted by Gasteiger charge is -1.95. The Morgan fingerprint density at radius 2 is 1.46 bits per heavy atom. The molecule has 2 heterocycles. The van der Waals surface area contributed by atoms with Gasteiger partial charge in [-0.1, -0.05) is 0 Å². The molecule has 0 bridgehead atoms. The van der Waals surface area contributed by atoms with Crippen molar-refractivity contribution in [3.8, 4) is 11.4 Å². The van der Waals surface area contributed by atoms with Crippen LogP contribution < -0.4 is 0 Å². The molecule has 0 N–H and O–H groups in total. The normalized spacial score (nSPS) is 12.3. The summed E-state index contributed by atoms with van der Waals surface area (Å²) in [6.07, 6.45) is 4.29. The minimum Gasteiger partial charge on any atom is -0.254 e. The number of nitrogens with zero attached hydrogens (tertiary/aromatic N) is 2. The highest BCUT2D eigenvalue weighted by Crippen LogP contribution is 2.31. The van der Waals surface area contributed by atoms with Crippen molar-refractivity contribution in [2.24, 2.45) is 0 Å². The highest BCUT2D eigenvalue weighted by atomic mass is 14.8. The highest BCUT2D eigenvalue weighted by molar-refractivity contribution is 5.69. The Hall–Kier alpha value is -1.70. The first kappa shape index (κ1) is 6.78. The smallest absolute Gasteiger partial charge is 0.0924 e. The van der Waals surface area contributed by atoms with Crippen LogP contribution in [0.15, 0.2) is 24.5 Å². The van der Waals surface area contributed by atoms with Crippen molar-refractivity contribution in [1.82, 2.24) is 9.97 Å². The number of hydrogen-bond acceptors (Lipinski definition) is 2. The second-order valence-corrected chi connectivity index (χ2v) is 3.06. The molecule has 0 spiro atoms.